The number of carboxylic acids is 1. The number of benzene rings is 1. The van der Waals surface area contributed by atoms with Gasteiger partial charge in [0.15, 0.2) is 11.4 Å². The summed E-state index contributed by atoms with van der Waals surface area (Å²) in [5.41, 5.74) is -0.436. The van der Waals surface area contributed by atoms with Gasteiger partial charge < -0.3 is 41.7 Å². The van der Waals surface area contributed by atoms with E-state index in [-0.39, 0.29) is 30.6 Å². The van der Waals surface area contributed by atoms with Crippen LogP contribution in [0.1, 0.15) is 43.7 Å². The van der Waals surface area contributed by atoms with Gasteiger partial charge in [0.2, 0.25) is 5.78 Å². The Morgan fingerprint density at radius 1 is 1.14 bits per heavy atom. The van der Waals surface area contributed by atoms with E-state index in [1.54, 1.807) is 0 Å². The molecule has 1 fully saturated rings. The number of aliphatic hydroxyl groups excluding tert-OH is 2. The summed E-state index contributed by atoms with van der Waals surface area (Å²) in [5, 5.41) is 70.6. The van der Waals surface area contributed by atoms with Gasteiger partial charge in [0.25, 0.3) is 5.91 Å². The van der Waals surface area contributed by atoms with E-state index >= 15 is 0 Å². The minimum absolute atomic E-state index is 0.150. The zero-order valence-electron chi connectivity index (χ0n) is 24.1. The second-order valence-electron chi connectivity index (χ2n) is 11.7. The molecule has 1 aromatic carbocycles. The lowest BCUT2D eigenvalue weighted by molar-refractivity contribution is -0.159. The van der Waals surface area contributed by atoms with Gasteiger partial charge in [-0.1, -0.05) is 18.6 Å². The summed E-state index contributed by atoms with van der Waals surface area (Å²) in [6, 6.07) is 1.99. The van der Waals surface area contributed by atoms with Crippen LogP contribution in [0, 0.1) is 11.8 Å². The van der Waals surface area contributed by atoms with Crippen LogP contribution >= 0.6 is 0 Å². The molecule has 4 rings (SSSR count). The van der Waals surface area contributed by atoms with E-state index in [2.05, 4.69) is 10.6 Å². The second kappa shape index (κ2) is 11.7. The quantitative estimate of drug-likeness (QED) is 0.0923. The van der Waals surface area contributed by atoms with Crippen molar-refractivity contribution in [3.8, 4) is 5.75 Å². The number of hydrogen-bond acceptors (Lipinski definition) is 12. The number of rotatable bonds is 10. The number of nitrogens with one attached hydrogen (secondary N) is 2. The third kappa shape index (κ3) is 5.18. The molecule has 234 valence electrons. The monoisotopic (exact) mass is 602 g/mol. The molecule has 6 atom stereocenters. The smallest absolute Gasteiger partial charge is 0.320 e. The average molecular weight is 603 g/mol. The van der Waals surface area contributed by atoms with Crippen LogP contribution in [-0.2, 0) is 24.8 Å². The van der Waals surface area contributed by atoms with Crippen LogP contribution in [-0.4, -0.2) is 104 Å². The molecule has 0 radical (unpaired) electrons. The maximum absolute atomic E-state index is 14.1. The van der Waals surface area contributed by atoms with E-state index < -0.39 is 87.0 Å². The van der Waals surface area contributed by atoms with Gasteiger partial charge in [0, 0.05) is 17.4 Å². The number of aliphatic hydroxyl groups is 4. The molecule has 0 heterocycles. The number of likely N-dealkylation sites (N-methyl/N-ethyl adjacent to an activating group) is 1. The number of carbonyl (C=O) groups excluding carboxylic acids is 3. The van der Waals surface area contributed by atoms with E-state index in [1.807, 2.05) is 0 Å². The molecule has 1 aromatic rings. The Hall–Kier alpha value is -3.82. The topological polar surface area (TPSA) is 243 Å². The number of amides is 1. The van der Waals surface area contributed by atoms with Gasteiger partial charge in [-0.2, -0.15) is 0 Å². The standard InChI is InChI=1S/C29H38N4O10/c1-28(42)13-7-6-9-17(34)18(13)22(35)19-14(28)11-15-21(33(2)3)23(36)20(25(38)29(15,43)24(19)37)26(39)32-12-31-10-5-4-8-16(30)27(40)41/h6-7,9,14-16,21,31,34-35,38,42-43H,4-5,8,10-12,30H2,1-3H3,(H,32,39)(H,40,41). The van der Waals surface area contributed by atoms with E-state index in [1.165, 1.54) is 44.1 Å². The summed E-state index contributed by atoms with van der Waals surface area (Å²) in [4.78, 5) is 53.1. The van der Waals surface area contributed by atoms with Crippen LogP contribution in [0.2, 0.25) is 0 Å². The number of phenolic OH excluding ortho intramolecular Hbond substituents is 1. The van der Waals surface area contributed by atoms with Crippen LogP contribution < -0.4 is 16.4 Å². The van der Waals surface area contributed by atoms with Crippen LogP contribution in [0.15, 0.2) is 35.1 Å². The molecule has 14 heteroatoms. The van der Waals surface area contributed by atoms with Crippen LogP contribution in [0.4, 0.5) is 0 Å². The number of carboxylic acid groups (broad SMARTS) is 1. The fourth-order valence-electron chi connectivity index (χ4n) is 6.54. The first-order valence-electron chi connectivity index (χ1n) is 14.0. The number of hydrogen-bond donors (Lipinski definition) is 9. The summed E-state index contributed by atoms with van der Waals surface area (Å²) in [6.07, 6.45) is 1.10. The maximum Gasteiger partial charge on any atom is 0.320 e. The molecule has 3 aliphatic rings. The zero-order chi connectivity index (χ0) is 32.0. The Morgan fingerprint density at radius 2 is 1.81 bits per heavy atom. The van der Waals surface area contributed by atoms with Crippen molar-refractivity contribution in [3.63, 3.8) is 0 Å². The predicted octanol–water partition coefficient (Wildman–Crippen LogP) is -0.611. The largest absolute Gasteiger partial charge is 0.508 e. The molecule has 0 spiro atoms. The third-order valence-electron chi connectivity index (χ3n) is 8.81. The molecule has 0 aromatic heterocycles. The Balaban J connectivity index is 1.64. The van der Waals surface area contributed by atoms with E-state index in [0.29, 0.717) is 19.4 Å². The fourth-order valence-corrected chi connectivity index (χ4v) is 6.54. The molecule has 3 aliphatic carbocycles. The fraction of sp³-hybridized carbons (Fsp3) is 0.517. The van der Waals surface area contributed by atoms with Crippen molar-refractivity contribution in [2.45, 2.75) is 55.9 Å². The summed E-state index contributed by atoms with van der Waals surface area (Å²) >= 11 is 0. The first-order chi connectivity index (χ1) is 20.1. The van der Waals surface area contributed by atoms with Gasteiger partial charge in [-0.25, -0.2) is 0 Å². The molecule has 43 heavy (non-hydrogen) atoms. The minimum atomic E-state index is -2.80. The van der Waals surface area contributed by atoms with Gasteiger partial charge in [-0.05, 0) is 58.5 Å². The summed E-state index contributed by atoms with van der Waals surface area (Å²) in [5.74, 6) is -8.84. The second-order valence-corrected chi connectivity index (χ2v) is 11.7. The zero-order valence-corrected chi connectivity index (χ0v) is 24.1. The highest BCUT2D eigenvalue weighted by Gasteiger charge is 2.66. The van der Waals surface area contributed by atoms with E-state index in [0.717, 1.165) is 0 Å². The molecular weight excluding hydrogens is 564 g/mol. The minimum Gasteiger partial charge on any atom is -0.508 e. The van der Waals surface area contributed by atoms with Crippen LogP contribution in [0.5, 0.6) is 5.75 Å². The summed E-state index contributed by atoms with van der Waals surface area (Å²) < 4.78 is 0. The van der Waals surface area contributed by atoms with E-state index in [4.69, 9.17) is 10.8 Å². The highest BCUT2D eigenvalue weighted by molar-refractivity contribution is 6.25. The van der Waals surface area contributed by atoms with Crippen LogP contribution in [0.25, 0.3) is 5.76 Å². The highest BCUT2D eigenvalue weighted by atomic mass is 16.4. The van der Waals surface area contributed by atoms with Crippen molar-refractivity contribution >= 4 is 29.2 Å². The molecule has 0 bridgehead atoms. The number of nitrogens with two attached hydrogens (primary N) is 1. The van der Waals surface area contributed by atoms with Gasteiger partial charge in [-0.3, -0.25) is 29.4 Å². The number of ketones is 2. The van der Waals surface area contributed by atoms with Gasteiger partial charge in [0.1, 0.15) is 28.9 Å². The van der Waals surface area contributed by atoms with Crippen molar-refractivity contribution in [2.75, 3.05) is 27.3 Å². The number of phenols is 1. The summed E-state index contributed by atoms with van der Waals surface area (Å²) in [6.45, 7) is 1.63. The Bertz CT molecular complexity index is 1420. The molecule has 14 nitrogen and oxygen atoms in total. The number of Topliss-reactive ketones (excluding diaryl/α,β-unsaturated/α-hetero) is 2. The Labute approximate surface area is 247 Å². The van der Waals surface area contributed by atoms with Crippen molar-refractivity contribution in [1.29, 1.82) is 0 Å². The number of carbonyl (C=O) groups is 4. The molecular formula is C29H38N4O10. The van der Waals surface area contributed by atoms with Gasteiger partial charge in [0.05, 0.1) is 23.9 Å². The molecule has 10 N–H and O–H groups in total. The molecule has 1 amide bonds. The summed E-state index contributed by atoms with van der Waals surface area (Å²) in [7, 11) is 3.02. The lowest BCUT2D eigenvalue weighted by Gasteiger charge is -2.53. The first kappa shape index (κ1) is 32.1. The predicted molar refractivity (Wildman–Crippen MR) is 151 cm³/mol. The normalized spacial score (nSPS) is 29.2. The molecule has 0 aliphatic heterocycles. The number of aromatic hydroxyl groups is 1. The number of fused-ring (bicyclic) bond motifs is 3. The third-order valence-corrected chi connectivity index (χ3v) is 8.81. The van der Waals surface area contributed by atoms with Crippen molar-refractivity contribution < 1.29 is 49.8 Å². The number of aliphatic carboxylic acids is 1. The molecule has 6 unspecified atom stereocenters. The van der Waals surface area contributed by atoms with Crippen molar-refractivity contribution in [3.05, 3.63) is 46.2 Å². The van der Waals surface area contributed by atoms with Crippen molar-refractivity contribution in [1.82, 2.24) is 15.5 Å². The maximum atomic E-state index is 14.1. The lowest BCUT2D eigenvalue weighted by Crippen LogP contribution is -2.67. The molecule has 0 saturated heterocycles. The lowest BCUT2D eigenvalue weighted by atomic mass is 9.54. The van der Waals surface area contributed by atoms with E-state index in [9.17, 15) is 44.7 Å². The Kier molecular flexibility index (Phi) is 8.73. The Morgan fingerprint density at radius 3 is 2.44 bits per heavy atom. The van der Waals surface area contributed by atoms with Crippen molar-refractivity contribution in [2.24, 2.45) is 17.6 Å². The number of nitrogens with zero attached hydrogens (tertiary/aromatic N) is 1. The van der Waals surface area contributed by atoms with Gasteiger partial charge >= 0.3 is 5.97 Å². The number of unbranched alkanes of at least 4 members (excludes halogenated alkanes) is 1. The highest BCUT2D eigenvalue weighted by Crippen LogP contribution is 2.57. The first-order valence-corrected chi connectivity index (χ1v) is 14.0. The SMILES string of the molecule is CN(C)C1C(=O)C(C(=O)NCNCCCCC(N)C(=O)O)=C(O)C2(O)C(=O)C3=C(O)c4c(O)cccc4C(C)(O)C3CC12. The molecule has 1 saturated carbocycles. The van der Waals surface area contributed by atoms with Crippen LogP contribution in [0.3, 0.4) is 0 Å². The average Bonchev–Trinajstić information content (AvgIpc) is 2.92. The van der Waals surface area contributed by atoms with Gasteiger partial charge in [-0.15, -0.1) is 0 Å².